The van der Waals surface area contributed by atoms with Crippen LogP contribution in [0.5, 0.6) is 0 Å². The Morgan fingerprint density at radius 1 is 1.62 bits per heavy atom. The molecule has 2 aliphatic heterocycles. The van der Waals surface area contributed by atoms with Crippen LogP contribution in [0.3, 0.4) is 0 Å². The molecule has 0 radical (unpaired) electrons. The molecular formula is C9H14N2O2. The highest BCUT2D eigenvalue weighted by Crippen LogP contribution is 2.41. The van der Waals surface area contributed by atoms with Crippen molar-refractivity contribution in [3.63, 3.8) is 0 Å². The molecular weight excluding hydrogens is 168 g/mol. The minimum absolute atomic E-state index is 0.266. The fourth-order valence-corrected chi connectivity index (χ4v) is 2.71. The van der Waals surface area contributed by atoms with Crippen molar-refractivity contribution < 1.29 is 4.79 Å². The number of hydrogen-bond donors (Lipinski definition) is 0. The Bertz CT molecular complexity index is 232. The number of piperidine rings is 1. The number of hydrogen-bond acceptors (Lipinski definition) is 4. The van der Waals surface area contributed by atoms with E-state index in [1.54, 1.807) is 0 Å². The summed E-state index contributed by atoms with van der Waals surface area (Å²) >= 11 is 0. The van der Waals surface area contributed by atoms with E-state index in [1.807, 2.05) is 0 Å². The van der Waals surface area contributed by atoms with Crippen molar-refractivity contribution in [1.82, 2.24) is 4.90 Å². The Hall–Kier alpha value is -0.770. The SMILES string of the molecule is O=CC1(CCN=O)CC2CCN1C2. The predicted octanol–water partition coefficient (Wildman–Crippen LogP) is 0.806. The molecule has 2 rings (SSSR count). The van der Waals surface area contributed by atoms with Gasteiger partial charge in [-0.2, -0.15) is 4.91 Å². The zero-order valence-electron chi connectivity index (χ0n) is 7.61. The average molecular weight is 182 g/mol. The number of nitrogens with zero attached hydrogens (tertiary/aromatic N) is 2. The van der Waals surface area contributed by atoms with Gasteiger partial charge in [0.1, 0.15) is 6.29 Å². The van der Waals surface area contributed by atoms with E-state index in [1.165, 1.54) is 6.42 Å². The summed E-state index contributed by atoms with van der Waals surface area (Å²) in [5, 5.41) is 2.84. The van der Waals surface area contributed by atoms with E-state index in [4.69, 9.17) is 0 Å². The van der Waals surface area contributed by atoms with Gasteiger partial charge in [0.05, 0.1) is 12.1 Å². The van der Waals surface area contributed by atoms with Crippen LogP contribution in [0.2, 0.25) is 0 Å². The van der Waals surface area contributed by atoms with Crippen molar-refractivity contribution in [3.8, 4) is 0 Å². The second-order valence-corrected chi connectivity index (χ2v) is 4.13. The van der Waals surface area contributed by atoms with Gasteiger partial charge >= 0.3 is 0 Å². The van der Waals surface area contributed by atoms with Crippen LogP contribution < -0.4 is 0 Å². The van der Waals surface area contributed by atoms with Crippen molar-refractivity contribution in [3.05, 3.63) is 4.91 Å². The van der Waals surface area contributed by atoms with Gasteiger partial charge in [0.25, 0.3) is 0 Å². The van der Waals surface area contributed by atoms with Crippen LogP contribution in [0.1, 0.15) is 19.3 Å². The van der Waals surface area contributed by atoms with Gasteiger partial charge in [-0.1, -0.05) is 5.18 Å². The lowest BCUT2D eigenvalue weighted by atomic mass is 9.86. The van der Waals surface area contributed by atoms with Crippen LogP contribution in [0.25, 0.3) is 0 Å². The van der Waals surface area contributed by atoms with Gasteiger partial charge in [0.15, 0.2) is 0 Å². The lowest BCUT2D eigenvalue weighted by molar-refractivity contribution is -0.117. The van der Waals surface area contributed by atoms with Crippen LogP contribution in [-0.2, 0) is 4.79 Å². The highest BCUT2D eigenvalue weighted by atomic mass is 16.3. The summed E-state index contributed by atoms with van der Waals surface area (Å²) in [6.45, 7) is 2.32. The van der Waals surface area contributed by atoms with E-state index in [9.17, 15) is 9.70 Å². The molecule has 2 aliphatic rings. The number of carbonyl (C=O) groups excluding carboxylic acids is 1. The molecule has 2 fully saturated rings. The number of fused-ring (bicyclic) bond motifs is 2. The molecule has 0 N–H and O–H groups in total. The Labute approximate surface area is 77.3 Å². The second-order valence-electron chi connectivity index (χ2n) is 4.13. The molecule has 2 heterocycles. The summed E-state index contributed by atoms with van der Waals surface area (Å²) in [7, 11) is 0. The molecule has 0 aliphatic carbocycles. The average Bonchev–Trinajstić information content (AvgIpc) is 2.74. The quantitative estimate of drug-likeness (QED) is 0.477. The molecule has 0 amide bonds. The summed E-state index contributed by atoms with van der Waals surface area (Å²) in [4.78, 5) is 23.3. The lowest BCUT2D eigenvalue weighted by Gasteiger charge is -2.34. The van der Waals surface area contributed by atoms with E-state index < -0.39 is 0 Å². The Morgan fingerprint density at radius 3 is 2.92 bits per heavy atom. The number of rotatable bonds is 4. The zero-order valence-corrected chi connectivity index (χ0v) is 7.61. The van der Waals surface area contributed by atoms with E-state index in [0.717, 1.165) is 25.8 Å². The first-order valence-corrected chi connectivity index (χ1v) is 4.81. The third-order valence-corrected chi connectivity index (χ3v) is 3.41. The summed E-state index contributed by atoms with van der Waals surface area (Å²) < 4.78 is 0. The highest BCUT2D eigenvalue weighted by Gasteiger charge is 2.48. The van der Waals surface area contributed by atoms with Gasteiger partial charge in [-0.15, -0.1) is 0 Å². The molecule has 13 heavy (non-hydrogen) atoms. The van der Waals surface area contributed by atoms with Crippen molar-refractivity contribution in [2.75, 3.05) is 19.6 Å². The number of carbonyl (C=O) groups is 1. The maximum Gasteiger partial charge on any atom is 0.140 e. The van der Waals surface area contributed by atoms with Crippen LogP contribution in [-0.4, -0.2) is 36.4 Å². The van der Waals surface area contributed by atoms with Crippen LogP contribution in [0.4, 0.5) is 0 Å². The standard InChI is InChI=1S/C9H14N2O2/c12-7-9(2-3-10-13)5-8-1-4-11(9)6-8/h7-8H,1-6H2. The lowest BCUT2D eigenvalue weighted by Crippen LogP contribution is -2.46. The molecule has 0 saturated carbocycles. The van der Waals surface area contributed by atoms with E-state index >= 15 is 0 Å². The van der Waals surface area contributed by atoms with E-state index in [0.29, 0.717) is 12.3 Å². The fourth-order valence-electron chi connectivity index (χ4n) is 2.71. The molecule has 3 atom stereocenters. The first kappa shape index (κ1) is 8.81. The fraction of sp³-hybridized carbons (Fsp3) is 0.889. The maximum atomic E-state index is 11.0. The summed E-state index contributed by atoms with van der Waals surface area (Å²) in [6, 6.07) is 0. The minimum Gasteiger partial charge on any atom is -0.301 e. The number of nitroso groups, excluding NO2 is 1. The predicted molar refractivity (Wildman–Crippen MR) is 48.4 cm³/mol. The molecule has 4 heteroatoms. The molecule has 2 bridgehead atoms. The molecule has 4 nitrogen and oxygen atoms in total. The van der Waals surface area contributed by atoms with Gasteiger partial charge in [-0.3, -0.25) is 4.90 Å². The van der Waals surface area contributed by atoms with Crippen molar-refractivity contribution in [2.45, 2.75) is 24.8 Å². The molecule has 0 aromatic heterocycles. The smallest absolute Gasteiger partial charge is 0.140 e. The Morgan fingerprint density at radius 2 is 2.46 bits per heavy atom. The number of aldehydes is 1. The summed E-state index contributed by atoms with van der Waals surface area (Å²) in [5.74, 6) is 0.678. The highest BCUT2D eigenvalue weighted by molar-refractivity contribution is 5.65. The van der Waals surface area contributed by atoms with Crippen LogP contribution in [0, 0.1) is 10.8 Å². The molecule has 0 aromatic carbocycles. The van der Waals surface area contributed by atoms with Crippen LogP contribution >= 0.6 is 0 Å². The van der Waals surface area contributed by atoms with E-state index in [-0.39, 0.29) is 12.1 Å². The monoisotopic (exact) mass is 182 g/mol. The molecule has 0 spiro atoms. The summed E-state index contributed by atoms with van der Waals surface area (Å²) in [5.41, 5.74) is -0.336. The third kappa shape index (κ3) is 1.29. The van der Waals surface area contributed by atoms with Gasteiger partial charge in [0.2, 0.25) is 0 Å². The third-order valence-electron chi connectivity index (χ3n) is 3.41. The zero-order chi connectivity index (χ0) is 9.31. The first-order valence-electron chi connectivity index (χ1n) is 4.81. The van der Waals surface area contributed by atoms with Crippen molar-refractivity contribution in [1.29, 1.82) is 0 Å². The molecule has 3 unspecified atom stereocenters. The van der Waals surface area contributed by atoms with E-state index in [2.05, 4.69) is 10.1 Å². The second kappa shape index (κ2) is 3.18. The first-order chi connectivity index (χ1) is 6.30. The molecule has 72 valence electrons. The van der Waals surface area contributed by atoms with Crippen LogP contribution in [0.15, 0.2) is 5.18 Å². The Kier molecular flexibility index (Phi) is 2.15. The van der Waals surface area contributed by atoms with Gasteiger partial charge in [0, 0.05) is 6.54 Å². The molecule has 0 aromatic rings. The Balaban J connectivity index is 2.07. The van der Waals surface area contributed by atoms with Gasteiger partial charge < -0.3 is 4.79 Å². The molecule has 2 saturated heterocycles. The van der Waals surface area contributed by atoms with Gasteiger partial charge in [-0.25, -0.2) is 0 Å². The summed E-state index contributed by atoms with van der Waals surface area (Å²) in [6.07, 6.45) is 3.78. The van der Waals surface area contributed by atoms with Crippen molar-refractivity contribution >= 4 is 6.29 Å². The largest absolute Gasteiger partial charge is 0.301 e. The minimum atomic E-state index is -0.336. The van der Waals surface area contributed by atoms with Gasteiger partial charge in [-0.05, 0) is 31.7 Å². The normalized spacial score (nSPS) is 42.2. The van der Waals surface area contributed by atoms with Crippen molar-refractivity contribution in [2.24, 2.45) is 11.1 Å². The topological polar surface area (TPSA) is 49.7 Å². The maximum absolute atomic E-state index is 11.0.